The molecule has 0 fully saturated rings. The number of alkyl halides is 3. The molecule has 10 heteroatoms. The van der Waals surface area contributed by atoms with Crippen molar-refractivity contribution in [3.05, 3.63) is 81.9 Å². The zero-order chi connectivity index (χ0) is 23.6. The molecule has 0 aromatic heterocycles. The number of halogens is 6. The van der Waals surface area contributed by atoms with E-state index in [1.165, 1.54) is 13.2 Å². The van der Waals surface area contributed by atoms with Crippen LogP contribution in [-0.2, 0) is 15.7 Å². The number of nitrogens with one attached hydrogen (secondary N) is 1. The first kappa shape index (κ1) is 23.7. The number of esters is 1. The van der Waals surface area contributed by atoms with Crippen molar-refractivity contribution >= 4 is 23.5 Å². The molecule has 0 saturated heterocycles. The molecule has 0 aliphatic heterocycles. The van der Waals surface area contributed by atoms with Crippen molar-refractivity contribution in [2.45, 2.75) is 24.6 Å². The molecule has 3 rings (SSSR count). The van der Waals surface area contributed by atoms with E-state index in [4.69, 9.17) is 16.3 Å². The normalized spacial score (nSPS) is 19.0. The first-order valence-corrected chi connectivity index (χ1v) is 9.77. The number of rotatable bonds is 5. The van der Waals surface area contributed by atoms with Crippen LogP contribution in [0.2, 0.25) is 5.02 Å². The zero-order valence-corrected chi connectivity index (χ0v) is 17.3. The lowest BCUT2D eigenvalue weighted by atomic mass is 9.85. The van der Waals surface area contributed by atoms with Crippen molar-refractivity contribution in [3.63, 3.8) is 0 Å². The van der Waals surface area contributed by atoms with Crippen LogP contribution >= 0.6 is 11.6 Å². The van der Waals surface area contributed by atoms with E-state index in [-0.39, 0.29) is 17.0 Å². The third-order valence-electron chi connectivity index (χ3n) is 5.15. The topological polar surface area (TPSA) is 55.4 Å². The van der Waals surface area contributed by atoms with Gasteiger partial charge in [-0.25, -0.2) is 8.78 Å². The highest BCUT2D eigenvalue weighted by Gasteiger charge is 2.37. The Balaban J connectivity index is 1.76. The number of carbonyl (C=O) groups is 2. The second kappa shape index (κ2) is 9.28. The predicted molar refractivity (Wildman–Crippen MR) is 106 cm³/mol. The first-order chi connectivity index (χ1) is 15.0. The molecule has 1 N–H and O–H groups in total. The molecule has 0 radical (unpaired) electrons. The van der Waals surface area contributed by atoms with Gasteiger partial charge in [0.25, 0.3) is 5.91 Å². The van der Waals surface area contributed by atoms with Crippen molar-refractivity contribution < 1.29 is 36.3 Å². The SMILES string of the molecule is COC(=O)[C@H](c1ccc(F)cc1Cl)[C@@H]1C=C[C@@H](NC(=O)c2ccc(F)c(C(F)(F)F)c2)C1. The van der Waals surface area contributed by atoms with Gasteiger partial charge < -0.3 is 10.1 Å². The highest BCUT2D eigenvalue weighted by molar-refractivity contribution is 6.31. The van der Waals surface area contributed by atoms with Gasteiger partial charge in [0.2, 0.25) is 0 Å². The monoisotopic (exact) mass is 473 g/mol. The van der Waals surface area contributed by atoms with Gasteiger partial charge in [-0.2, -0.15) is 13.2 Å². The maximum absolute atomic E-state index is 13.5. The third kappa shape index (κ3) is 5.09. The largest absolute Gasteiger partial charge is 0.469 e. The number of carbonyl (C=O) groups excluding carboxylic acids is 2. The van der Waals surface area contributed by atoms with Gasteiger partial charge in [0.05, 0.1) is 18.6 Å². The molecule has 1 aliphatic carbocycles. The second-order valence-corrected chi connectivity index (χ2v) is 7.63. The zero-order valence-electron chi connectivity index (χ0n) is 16.6. The summed E-state index contributed by atoms with van der Waals surface area (Å²) in [4.78, 5) is 24.8. The summed E-state index contributed by atoms with van der Waals surface area (Å²) in [6.45, 7) is 0. The quantitative estimate of drug-likeness (QED) is 0.366. The Labute approximate surface area is 185 Å². The lowest BCUT2D eigenvalue weighted by Gasteiger charge is -2.23. The van der Waals surface area contributed by atoms with Crippen LogP contribution in [0.15, 0.2) is 48.6 Å². The molecule has 170 valence electrons. The Morgan fingerprint density at radius 2 is 1.84 bits per heavy atom. The van der Waals surface area contributed by atoms with E-state index in [1.807, 2.05) is 0 Å². The summed E-state index contributed by atoms with van der Waals surface area (Å²) in [5.74, 6) is -4.86. The van der Waals surface area contributed by atoms with Crippen LogP contribution < -0.4 is 5.32 Å². The third-order valence-corrected chi connectivity index (χ3v) is 5.48. The van der Waals surface area contributed by atoms with Crippen LogP contribution in [0.1, 0.15) is 33.8 Å². The summed E-state index contributed by atoms with van der Waals surface area (Å²) < 4.78 is 70.4. The van der Waals surface area contributed by atoms with E-state index in [9.17, 15) is 31.5 Å². The van der Waals surface area contributed by atoms with Crippen LogP contribution in [0.5, 0.6) is 0 Å². The van der Waals surface area contributed by atoms with E-state index >= 15 is 0 Å². The number of hydrogen-bond acceptors (Lipinski definition) is 3. The molecule has 0 unspecified atom stereocenters. The highest BCUT2D eigenvalue weighted by atomic mass is 35.5. The Bertz CT molecular complexity index is 1070. The second-order valence-electron chi connectivity index (χ2n) is 7.22. The van der Waals surface area contributed by atoms with Crippen LogP contribution in [0.25, 0.3) is 0 Å². The van der Waals surface area contributed by atoms with Crippen LogP contribution in [-0.4, -0.2) is 25.0 Å². The van der Waals surface area contributed by atoms with E-state index in [0.717, 1.165) is 18.2 Å². The fourth-order valence-electron chi connectivity index (χ4n) is 3.63. The molecule has 3 atom stereocenters. The van der Waals surface area contributed by atoms with Crippen LogP contribution in [0.4, 0.5) is 22.0 Å². The Morgan fingerprint density at radius 1 is 1.12 bits per heavy atom. The molecule has 0 heterocycles. The number of hydrogen-bond donors (Lipinski definition) is 1. The van der Waals surface area contributed by atoms with Gasteiger partial charge >= 0.3 is 12.1 Å². The molecule has 0 saturated carbocycles. The lowest BCUT2D eigenvalue weighted by molar-refractivity contribution is -0.143. The van der Waals surface area contributed by atoms with Gasteiger partial charge in [-0.1, -0.05) is 29.8 Å². The first-order valence-electron chi connectivity index (χ1n) is 9.40. The van der Waals surface area contributed by atoms with Crippen LogP contribution in [0.3, 0.4) is 0 Å². The molecule has 2 aromatic carbocycles. The van der Waals surface area contributed by atoms with Crippen LogP contribution in [0, 0.1) is 17.6 Å². The van der Waals surface area contributed by atoms with Crippen molar-refractivity contribution in [3.8, 4) is 0 Å². The van der Waals surface area contributed by atoms with Gasteiger partial charge in [-0.05, 0) is 48.2 Å². The number of ether oxygens (including phenoxy) is 1. The number of benzene rings is 2. The molecule has 0 spiro atoms. The summed E-state index contributed by atoms with van der Waals surface area (Å²) in [5, 5.41) is 2.58. The molecule has 1 aliphatic rings. The fourth-order valence-corrected chi connectivity index (χ4v) is 3.91. The minimum atomic E-state index is -4.94. The molecule has 1 amide bonds. The Morgan fingerprint density at radius 3 is 2.47 bits per heavy atom. The van der Waals surface area contributed by atoms with Gasteiger partial charge in [-0.3, -0.25) is 9.59 Å². The van der Waals surface area contributed by atoms with Gasteiger partial charge in [-0.15, -0.1) is 0 Å². The van der Waals surface area contributed by atoms with E-state index in [2.05, 4.69) is 5.32 Å². The van der Waals surface area contributed by atoms with Gasteiger partial charge in [0.1, 0.15) is 11.6 Å². The van der Waals surface area contributed by atoms with Crippen molar-refractivity contribution in [2.75, 3.05) is 7.11 Å². The smallest absolute Gasteiger partial charge is 0.419 e. The summed E-state index contributed by atoms with van der Waals surface area (Å²) in [6.07, 6.45) is -1.49. The summed E-state index contributed by atoms with van der Waals surface area (Å²) >= 11 is 6.10. The Kier molecular flexibility index (Phi) is 6.88. The maximum atomic E-state index is 13.5. The summed E-state index contributed by atoms with van der Waals surface area (Å²) in [6, 6.07) is 4.95. The average molecular weight is 474 g/mol. The Hall–Kier alpha value is -2.94. The summed E-state index contributed by atoms with van der Waals surface area (Å²) in [5.41, 5.74) is -1.56. The van der Waals surface area contributed by atoms with Gasteiger partial charge in [0, 0.05) is 16.6 Å². The van der Waals surface area contributed by atoms with Crippen molar-refractivity contribution in [1.82, 2.24) is 5.32 Å². The average Bonchev–Trinajstić information content (AvgIpc) is 3.16. The van der Waals surface area contributed by atoms with E-state index in [0.29, 0.717) is 17.7 Å². The van der Waals surface area contributed by atoms with Crippen molar-refractivity contribution in [1.29, 1.82) is 0 Å². The maximum Gasteiger partial charge on any atom is 0.419 e. The molecular formula is C22H17ClF5NO3. The standard InChI is InChI=1S/C22H17ClF5NO3/c1-32-21(31)19(15-6-4-13(24)10-17(15)23)11-2-5-14(8-11)29-20(30)12-3-7-18(25)16(9-12)22(26,27)28/h2-7,9-11,14,19H,8H2,1H3,(H,29,30)/t11-,14-,19+/m1/s1. The predicted octanol–water partition coefficient (Wildman–Crippen LogP) is 5.27. The van der Waals surface area contributed by atoms with Gasteiger partial charge in [0.15, 0.2) is 0 Å². The van der Waals surface area contributed by atoms with E-state index < -0.39 is 53.1 Å². The minimum absolute atomic E-state index is 0.0345. The molecular weight excluding hydrogens is 457 g/mol. The highest BCUT2D eigenvalue weighted by Crippen LogP contribution is 2.38. The molecule has 0 bridgehead atoms. The number of amides is 1. The van der Waals surface area contributed by atoms with Crippen molar-refractivity contribution in [2.24, 2.45) is 5.92 Å². The molecule has 2 aromatic rings. The fraction of sp³-hybridized carbons (Fsp3) is 0.273. The summed E-state index contributed by atoms with van der Waals surface area (Å²) in [7, 11) is 1.19. The van der Waals surface area contributed by atoms with E-state index in [1.54, 1.807) is 12.2 Å². The lowest BCUT2D eigenvalue weighted by Crippen LogP contribution is -2.34. The number of methoxy groups -OCH3 is 1. The molecule has 4 nitrogen and oxygen atoms in total. The molecule has 32 heavy (non-hydrogen) atoms. The number of allylic oxidation sites excluding steroid dienone is 1. The minimum Gasteiger partial charge on any atom is -0.469 e.